The number of methoxy groups -OCH3 is 1. The van der Waals surface area contributed by atoms with E-state index in [2.05, 4.69) is 5.32 Å². The molecule has 1 aliphatic heterocycles. The third-order valence-corrected chi connectivity index (χ3v) is 4.80. The van der Waals surface area contributed by atoms with Crippen LogP contribution in [-0.4, -0.2) is 42.8 Å². The largest absolute Gasteiger partial charge is 0.495 e. The van der Waals surface area contributed by atoms with Gasteiger partial charge in [0.05, 0.1) is 31.0 Å². The van der Waals surface area contributed by atoms with Gasteiger partial charge in [0.15, 0.2) is 0 Å². The van der Waals surface area contributed by atoms with Crippen LogP contribution >= 0.6 is 0 Å². The van der Waals surface area contributed by atoms with Gasteiger partial charge in [0.2, 0.25) is 0 Å². The van der Waals surface area contributed by atoms with Gasteiger partial charge in [0.1, 0.15) is 16.9 Å². The van der Waals surface area contributed by atoms with Gasteiger partial charge in [-0.05, 0) is 32.9 Å². The summed E-state index contributed by atoms with van der Waals surface area (Å²) in [7, 11) is 1.60. The van der Waals surface area contributed by atoms with Gasteiger partial charge in [-0.2, -0.15) is 0 Å². The molecule has 0 spiro atoms. The molecule has 6 heteroatoms. The van der Waals surface area contributed by atoms with E-state index in [0.29, 0.717) is 30.1 Å². The summed E-state index contributed by atoms with van der Waals surface area (Å²) in [5, 5.41) is 4.95. The minimum atomic E-state index is -0.373. The number of nitrogens with zero attached hydrogens (tertiary/aromatic N) is 1. The first-order chi connectivity index (χ1) is 12.9. The summed E-state index contributed by atoms with van der Waals surface area (Å²) in [6, 6.07) is 11.4. The van der Waals surface area contributed by atoms with Gasteiger partial charge < -0.3 is 24.1 Å². The Hall–Kier alpha value is -2.73. The SMILES string of the molecule is COc1cc2c(cc1NC(=O)N1CC(C)OC(C)(C)C1)oc1ccccc12. The molecule has 1 aromatic heterocycles. The minimum absolute atomic E-state index is 0.0146. The number of rotatable bonds is 2. The first-order valence-electron chi connectivity index (χ1n) is 9.09. The van der Waals surface area contributed by atoms with Crippen molar-refractivity contribution in [3.05, 3.63) is 36.4 Å². The lowest BCUT2D eigenvalue weighted by atomic mass is 10.1. The Morgan fingerprint density at radius 2 is 2.00 bits per heavy atom. The summed E-state index contributed by atoms with van der Waals surface area (Å²) in [6.45, 7) is 7.03. The van der Waals surface area contributed by atoms with E-state index in [1.807, 2.05) is 57.2 Å². The van der Waals surface area contributed by atoms with Crippen molar-refractivity contribution >= 4 is 33.7 Å². The van der Waals surface area contributed by atoms with Gasteiger partial charge in [0.25, 0.3) is 0 Å². The number of para-hydroxylation sites is 1. The van der Waals surface area contributed by atoms with Crippen molar-refractivity contribution in [3.8, 4) is 5.75 Å². The summed E-state index contributed by atoms with van der Waals surface area (Å²) in [4.78, 5) is 14.6. The van der Waals surface area contributed by atoms with Gasteiger partial charge in [0, 0.05) is 23.4 Å². The van der Waals surface area contributed by atoms with Crippen LogP contribution in [0.1, 0.15) is 20.8 Å². The molecular weight excluding hydrogens is 344 g/mol. The van der Waals surface area contributed by atoms with E-state index in [4.69, 9.17) is 13.9 Å². The Labute approximate surface area is 158 Å². The Morgan fingerprint density at radius 3 is 2.74 bits per heavy atom. The Bertz CT molecular complexity index is 1010. The second-order valence-electron chi connectivity index (χ2n) is 7.65. The fourth-order valence-electron chi connectivity index (χ4n) is 3.82. The maximum atomic E-state index is 12.9. The number of benzene rings is 2. The number of morpholine rings is 1. The van der Waals surface area contributed by atoms with Crippen LogP contribution in [0.2, 0.25) is 0 Å². The van der Waals surface area contributed by atoms with Gasteiger partial charge in [-0.15, -0.1) is 0 Å². The molecule has 1 fully saturated rings. The number of urea groups is 1. The van der Waals surface area contributed by atoms with Crippen molar-refractivity contribution in [2.75, 3.05) is 25.5 Å². The van der Waals surface area contributed by atoms with Crippen LogP contribution in [-0.2, 0) is 4.74 Å². The van der Waals surface area contributed by atoms with E-state index in [-0.39, 0.29) is 17.7 Å². The monoisotopic (exact) mass is 368 g/mol. The van der Waals surface area contributed by atoms with E-state index in [9.17, 15) is 4.79 Å². The lowest BCUT2D eigenvalue weighted by molar-refractivity contribution is -0.116. The van der Waals surface area contributed by atoms with Crippen molar-refractivity contribution in [1.82, 2.24) is 4.90 Å². The maximum absolute atomic E-state index is 12.9. The van der Waals surface area contributed by atoms with Gasteiger partial charge in [-0.25, -0.2) is 4.79 Å². The zero-order valence-electron chi connectivity index (χ0n) is 16.0. The molecular formula is C21H24N2O4. The van der Waals surface area contributed by atoms with E-state index in [0.717, 1.165) is 16.4 Å². The molecule has 0 radical (unpaired) electrons. The van der Waals surface area contributed by atoms with Crippen LogP contribution in [0.4, 0.5) is 10.5 Å². The first kappa shape index (κ1) is 17.7. The molecule has 1 unspecified atom stereocenters. The number of ether oxygens (including phenoxy) is 2. The molecule has 1 saturated heterocycles. The zero-order valence-corrected chi connectivity index (χ0v) is 16.0. The van der Waals surface area contributed by atoms with Gasteiger partial charge in [-0.3, -0.25) is 0 Å². The van der Waals surface area contributed by atoms with Crippen molar-refractivity contribution in [2.24, 2.45) is 0 Å². The van der Waals surface area contributed by atoms with E-state index < -0.39 is 0 Å². The predicted molar refractivity (Wildman–Crippen MR) is 105 cm³/mol. The third kappa shape index (κ3) is 3.32. The molecule has 2 heterocycles. The molecule has 2 aromatic carbocycles. The van der Waals surface area contributed by atoms with Crippen molar-refractivity contribution in [1.29, 1.82) is 0 Å². The highest BCUT2D eigenvalue weighted by atomic mass is 16.5. The summed E-state index contributed by atoms with van der Waals surface area (Å²) < 4.78 is 17.3. The molecule has 1 atom stereocenters. The van der Waals surface area contributed by atoms with Crippen LogP contribution in [0.5, 0.6) is 5.75 Å². The molecule has 2 amide bonds. The first-order valence-corrected chi connectivity index (χ1v) is 9.09. The van der Waals surface area contributed by atoms with Crippen LogP contribution in [0.25, 0.3) is 21.9 Å². The Balaban J connectivity index is 1.66. The average Bonchev–Trinajstić information content (AvgIpc) is 2.96. The number of nitrogens with one attached hydrogen (secondary N) is 1. The summed E-state index contributed by atoms with van der Waals surface area (Å²) >= 11 is 0. The highest BCUT2D eigenvalue weighted by Crippen LogP contribution is 2.36. The molecule has 1 aliphatic rings. The molecule has 0 bridgehead atoms. The molecule has 27 heavy (non-hydrogen) atoms. The number of furan rings is 1. The number of carbonyl (C=O) groups excluding carboxylic acids is 1. The number of anilines is 1. The highest BCUT2D eigenvalue weighted by Gasteiger charge is 2.34. The van der Waals surface area contributed by atoms with Crippen molar-refractivity contribution in [3.63, 3.8) is 0 Å². The summed E-state index contributed by atoms with van der Waals surface area (Å²) in [5.74, 6) is 0.600. The molecule has 3 aromatic rings. The fraction of sp³-hybridized carbons (Fsp3) is 0.381. The molecule has 0 aliphatic carbocycles. The zero-order chi connectivity index (χ0) is 19.2. The topological polar surface area (TPSA) is 63.9 Å². The highest BCUT2D eigenvalue weighted by molar-refractivity contribution is 6.07. The molecule has 0 saturated carbocycles. The third-order valence-electron chi connectivity index (χ3n) is 4.80. The standard InChI is InChI=1S/C21H24N2O4/c1-13-11-23(12-21(2,3)27-13)20(24)22-16-10-18-15(9-19(16)25-4)14-7-5-6-8-17(14)26-18/h5-10,13H,11-12H2,1-4H3,(H,22,24). The summed E-state index contributed by atoms with van der Waals surface area (Å²) in [6.07, 6.45) is -0.0146. The second kappa shape index (κ2) is 6.46. The Kier molecular flexibility index (Phi) is 4.23. The van der Waals surface area contributed by atoms with Gasteiger partial charge >= 0.3 is 6.03 Å². The van der Waals surface area contributed by atoms with E-state index in [1.165, 1.54) is 0 Å². The van der Waals surface area contributed by atoms with Gasteiger partial charge in [-0.1, -0.05) is 18.2 Å². The van der Waals surface area contributed by atoms with E-state index in [1.54, 1.807) is 12.0 Å². The lowest BCUT2D eigenvalue weighted by Gasteiger charge is -2.41. The lowest BCUT2D eigenvalue weighted by Crippen LogP contribution is -2.54. The van der Waals surface area contributed by atoms with Crippen LogP contribution < -0.4 is 10.1 Å². The molecule has 1 N–H and O–H groups in total. The van der Waals surface area contributed by atoms with Crippen molar-refractivity contribution in [2.45, 2.75) is 32.5 Å². The van der Waals surface area contributed by atoms with Crippen molar-refractivity contribution < 1.29 is 18.7 Å². The number of hydrogen-bond acceptors (Lipinski definition) is 4. The number of amides is 2. The quantitative estimate of drug-likeness (QED) is 0.716. The Morgan fingerprint density at radius 1 is 1.22 bits per heavy atom. The maximum Gasteiger partial charge on any atom is 0.322 e. The van der Waals surface area contributed by atoms with Crippen LogP contribution in [0.3, 0.4) is 0 Å². The number of carbonyl (C=O) groups is 1. The molecule has 6 nitrogen and oxygen atoms in total. The molecule has 4 rings (SSSR count). The molecule has 142 valence electrons. The smallest absolute Gasteiger partial charge is 0.322 e. The predicted octanol–water partition coefficient (Wildman–Crippen LogP) is 4.63. The van der Waals surface area contributed by atoms with Crippen LogP contribution in [0.15, 0.2) is 40.8 Å². The summed E-state index contributed by atoms with van der Waals surface area (Å²) in [5.41, 5.74) is 1.73. The number of fused-ring (bicyclic) bond motifs is 3. The average molecular weight is 368 g/mol. The normalized spacial score (nSPS) is 19.4. The van der Waals surface area contributed by atoms with E-state index >= 15 is 0 Å². The minimum Gasteiger partial charge on any atom is -0.495 e. The van der Waals surface area contributed by atoms with Crippen LogP contribution in [0, 0.1) is 0 Å². The fourth-order valence-corrected chi connectivity index (χ4v) is 3.82. The second-order valence-corrected chi connectivity index (χ2v) is 7.65. The number of hydrogen-bond donors (Lipinski definition) is 1.